The van der Waals surface area contributed by atoms with Crippen LogP contribution in [0, 0.1) is 23.2 Å². The second kappa shape index (κ2) is 8.17. The summed E-state index contributed by atoms with van der Waals surface area (Å²) in [7, 11) is 0. The van der Waals surface area contributed by atoms with Crippen LogP contribution in [0.4, 0.5) is 5.69 Å². The van der Waals surface area contributed by atoms with E-state index in [1.165, 1.54) is 11.8 Å². The van der Waals surface area contributed by atoms with Gasteiger partial charge >= 0.3 is 5.97 Å². The number of rotatable bonds is 6. The number of hydrogen-bond donors (Lipinski definition) is 2. The van der Waals surface area contributed by atoms with E-state index in [-0.39, 0.29) is 6.42 Å². The Labute approximate surface area is 184 Å². The van der Waals surface area contributed by atoms with Gasteiger partial charge < -0.3 is 5.11 Å². The summed E-state index contributed by atoms with van der Waals surface area (Å²) in [4.78, 5) is 40.7. The van der Waals surface area contributed by atoms with Gasteiger partial charge in [-0.05, 0) is 48.3 Å². The first-order valence-electron chi connectivity index (χ1n) is 9.87. The van der Waals surface area contributed by atoms with Crippen molar-refractivity contribution in [1.29, 1.82) is 5.26 Å². The number of para-hydroxylation sites is 1. The van der Waals surface area contributed by atoms with Crippen molar-refractivity contribution in [3.8, 4) is 6.07 Å². The van der Waals surface area contributed by atoms with Gasteiger partial charge in [0.2, 0.25) is 11.8 Å². The Kier molecular flexibility index (Phi) is 5.56. The van der Waals surface area contributed by atoms with Crippen molar-refractivity contribution in [2.75, 3.05) is 16.9 Å². The summed E-state index contributed by atoms with van der Waals surface area (Å²) < 4.78 is 0. The molecule has 2 saturated heterocycles. The Morgan fingerprint density at radius 2 is 1.84 bits per heavy atom. The zero-order valence-electron chi connectivity index (χ0n) is 16.8. The molecule has 2 amide bonds. The number of carboxylic acids is 1. The molecule has 4 rings (SSSR count). The van der Waals surface area contributed by atoms with E-state index in [1.54, 1.807) is 54.6 Å². The molecule has 0 bridgehead atoms. The summed E-state index contributed by atoms with van der Waals surface area (Å²) in [6.45, 7) is 0. The van der Waals surface area contributed by atoms with Crippen LogP contribution < -0.4 is 10.2 Å². The van der Waals surface area contributed by atoms with E-state index in [0.29, 0.717) is 22.6 Å². The SMILES string of the molecule is CSCCC1(C(=O)O)NC(c2ccc(C#N)cc2)C2C(=O)N(c3ccccc3)C(=O)C21. The molecule has 0 spiro atoms. The largest absolute Gasteiger partial charge is 0.480 e. The average Bonchev–Trinajstić information content (AvgIpc) is 3.27. The fourth-order valence-electron chi connectivity index (χ4n) is 4.68. The quantitative estimate of drug-likeness (QED) is 0.671. The molecule has 0 aromatic heterocycles. The van der Waals surface area contributed by atoms with Crippen LogP contribution in [0.2, 0.25) is 0 Å². The molecule has 2 aliphatic heterocycles. The Morgan fingerprint density at radius 1 is 1.16 bits per heavy atom. The van der Waals surface area contributed by atoms with Gasteiger partial charge in [-0.2, -0.15) is 17.0 Å². The monoisotopic (exact) mass is 435 g/mol. The number of carbonyl (C=O) groups excluding carboxylic acids is 2. The first-order chi connectivity index (χ1) is 14.9. The summed E-state index contributed by atoms with van der Waals surface area (Å²) in [5.74, 6) is -3.38. The van der Waals surface area contributed by atoms with Gasteiger partial charge in [0.05, 0.1) is 29.2 Å². The fourth-order valence-corrected chi connectivity index (χ4v) is 5.21. The number of nitrogens with one attached hydrogen (secondary N) is 1. The molecule has 31 heavy (non-hydrogen) atoms. The summed E-state index contributed by atoms with van der Waals surface area (Å²) in [5, 5.41) is 22.5. The number of carbonyl (C=O) groups is 3. The Bertz CT molecular complexity index is 1070. The predicted molar refractivity (Wildman–Crippen MR) is 116 cm³/mol. The van der Waals surface area contributed by atoms with E-state index >= 15 is 0 Å². The van der Waals surface area contributed by atoms with E-state index in [9.17, 15) is 19.5 Å². The number of hydrogen-bond acceptors (Lipinski definition) is 6. The molecule has 158 valence electrons. The Balaban J connectivity index is 1.83. The molecular weight excluding hydrogens is 414 g/mol. The minimum atomic E-state index is -1.55. The number of amides is 2. The van der Waals surface area contributed by atoms with Crippen LogP contribution in [0.15, 0.2) is 54.6 Å². The summed E-state index contributed by atoms with van der Waals surface area (Å²) >= 11 is 1.49. The van der Waals surface area contributed by atoms with Gasteiger partial charge in [-0.25, -0.2) is 4.90 Å². The number of thioether (sulfide) groups is 1. The molecule has 0 radical (unpaired) electrons. The van der Waals surface area contributed by atoms with Gasteiger partial charge in [-0.3, -0.25) is 19.7 Å². The number of nitrogens with zero attached hydrogens (tertiary/aromatic N) is 2. The van der Waals surface area contributed by atoms with Crippen LogP contribution in [0.5, 0.6) is 0 Å². The second-order valence-corrected chi connectivity index (χ2v) is 8.71. The lowest BCUT2D eigenvalue weighted by molar-refractivity contribution is -0.148. The zero-order valence-corrected chi connectivity index (χ0v) is 17.6. The molecule has 8 heteroatoms. The number of anilines is 1. The number of fused-ring (bicyclic) bond motifs is 1. The number of imide groups is 1. The highest BCUT2D eigenvalue weighted by Gasteiger charge is 2.68. The van der Waals surface area contributed by atoms with Crippen molar-refractivity contribution in [1.82, 2.24) is 5.32 Å². The normalized spacial score (nSPS) is 27.2. The van der Waals surface area contributed by atoms with E-state index in [1.807, 2.05) is 6.26 Å². The molecular formula is C23H21N3O4S. The van der Waals surface area contributed by atoms with Crippen molar-refractivity contribution < 1.29 is 19.5 Å². The van der Waals surface area contributed by atoms with Crippen LogP contribution in [-0.2, 0) is 14.4 Å². The van der Waals surface area contributed by atoms with Crippen molar-refractivity contribution in [3.63, 3.8) is 0 Å². The van der Waals surface area contributed by atoms with Crippen LogP contribution in [0.25, 0.3) is 0 Å². The summed E-state index contributed by atoms with van der Waals surface area (Å²) in [6, 6.07) is 16.7. The Morgan fingerprint density at radius 3 is 2.42 bits per heavy atom. The molecule has 7 nitrogen and oxygen atoms in total. The molecule has 2 aromatic rings. The number of carboxylic acid groups (broad SMARTS) is 1. The van der Waals surface area contributed by atoms with Crippen LogP contribution >= 0.6 is 11.8 Å². The highest BCUT2D eigenvalue weighted by molar-refractivity contribution is 7.98. The smallest absolute Gasteiger partial charge is 0.324 e. The average molecular weight is 436 g/mol. The molecule has 4 unspecified atom stereocenters. The molecule has 0 aliphatic carbocycles. The number of nitriles is 1. The van der Waals surface area contributed by atoms with E-state index in [2.05, 4.69) is 11.4 Å². The first kappa shape index (κ1) is 21.1. The maximum atomic E-state index is 13.5. The molecule has 2 fully saturated rings. The van der Waals surface area contributed by atoms with Gasteiger partial charge in [0.15, 0.2) is 0 Å². The van der Waals surface area contributed by atoms with Gasteiger partial charge in [0.25, 0.3) is 0 Å². The molecule has 0 saturated carbocycles. The summed E-state index contributed by atoms with van der Waals surface area (Å²) in [6.07, 6.45) is 2.08. The highest BCUT2D eigenvalue weighted by Crippen LogP contribution is 2.51. The van der Waals surface area contributed by atoms with Crippen LogP contribution in [-0.4, -0.2) is 40.4 Å². The maximum Gasteiger partial charge on any atom is 0.324 e. The van der Waals surface area contributed by atoms with Gasteiger partial charge in [0, 0.05) is 6.04 Å². The van der Waals surface area contributed by atoms with Gasteiger partial charge in [-0.1, -0.05) is 30.3 Å². The lowest BCUT2D eigenvalue weighted by atomic mass is 9.78. The third-order valence-electron chi connectivity index (χ3n) is 6.15. The molecule has 2 aliphatic rings. The van der Waals surface area contributed by atoms with Crippen molar-refractivity contribution >= 4 is 35.2 Å². The molecule has 2 aromatic carbocycles. The van der Waals surface area contributed by atoms with E-state index < -0.39 is 41.2 Å². The highest BCUT2D eigenvalue weighted by atomic mass is 32.2. The molecule has 4 atom stereocenters. The second-order valence-electron chi connectivity index (χ2n) is 7.73. The number of benzene rings is 2. The van der Waals surface area contributed by atoms with E-state index in [4.69, 9.17) is 5.26 Å². The minimum absolute atomic E-state index is 0.207. The molecule has 2 N–H and O–H groups in total. The predicted octanol–water partition coefficient (Wildman–Crippen LogP) is 2.58. The minimum Gasteiger partial charge on any atom is -0.480 e. The van der Waals surface area contributed by atoms with Crippen LogP contribution in [0.3, 0.4) is 0 Å². The third kappa shape index (κ3) is 3.30. The lowest BCUT2D eigenvalue weighted by Crippen LogP contribution is -2.56. The number of aliphatic carboxylic acids is 1. The third-order valence-corrected chi connectivity index (χ3v) is 6.76. The van der Waals surface area contributed by atoms with Crippen molar-refractivity contribution in [2.24, 2.45) is 11.8 Å². The van der Waals surface area contributed by atoms with Crippen LogP contribution in [0.1, 0.15) is 23.6 Å². The maximum absolute atomic E-state index is 13.5. The fraction of sp³-hybridized carbons (Fsp3) is 0.304. The van der Waals surface area contributed by atoms with Gasteiger partial charge in [0.1, 0.15) is 5.54 Å². The van der Waals surface area contributed by atoms with Gasteiger partial charge in [-0.15, -0.1) is 0 Å². The zero-order chi connectivity index (χ0) is 22.2. The van der Waals surface area contributed by atoms with Crippen molar-refractivity contribution in [3.05, 3.63) is 65.7 Å². The lowest BCUT2D eigenvalue weighted by Gasteiger charge is -2.31. The first-order valence-corrected chi connectivity index (χ1v) is 11.3. The Hall–Kier alpha value is -3.15. The van der Waals surface area contributed by atoms with E-state index in [0.717, 1.165) is 4.90 Å². The summed E-state index contributed by atoms with van der Waals surface area (Å²) in [5.41, 5.74) is 0.0274. The molecule has 2 heterocycles. The topological polar surface area (TPSA) is 110 Å². The van der Waals surface area contributed by atoms with Crippen molar-refractivity contribution in [2.45, 2.75) is 18.0 Å². The standard InChI is InChI=1S/C23H21N3O4S/c1-31-12-11-23(22(29)30)18-17(19(25-23)15-9-7-14(13-24)8-10-15)20(27)26(21(18)28)16-5-3-2-4-6-16/h2-10,17-19,25H,11-12H2,1H3,(H,29,30).